The van der Waals surface area contributed by atoms with Crippen LogP contribution in [0.2, 0.25) is 5.02 Å². The first-order valence-corrected chi connectivity index (χ1v) is 5.19. The fourth-order valence-corrected chi connectivity index (χ4v) is 1.46. The molecular formula is C11H11ClN2O2. The molecule has 0 amide bonds. The molecule has 2 heterocycles. The number of aromatic nitrogens is 1. The summed E-state index contributed by atoms with van der Waals surface area (Å²) in [5.41, 5.74) is 0.756. The van der Waals surface area contributed by atoms with Crippen LogP contribution in [0.25, 0.3) is 0 Å². The first kappa shape index (κ1) is 11.0. The van der Waals surface area contributed by atoms with Gasteiger partial charge in [-0.3, -0.25) is 4.98 Å². The average Bonchev–Trinajstić information content (AvgIpc) is 2.76. The maximum atomic E-state index is 8.84. The van der Waals surface area contributed by atoms with Crippen molar-refractivity contribution in [3.63, 3.8) is 0 Å². The Morgan fingerprint density at radius 1 is 1.31 bits per heavy atom. The Morgan fingerprint density at radius 3 is 2.81 bits per heavy atom. The van der Waals surface area contributed by atoms with E-state index in [0.717, 1.165) is 11.4 Å². The Bertz CT molecular complexity index is 471. The molecule has 2 aromatic heterocycles. The van der Waals surface area contributed by atoms with Crippen molar-refractivity contribution in [2.75, 3.05) is 5.32 Å². The second-order valence-corrected chi connectivity index (χ2v) is 3.64. The van der Waals surface area contributed by atoms with E-state index >= 15 is 0 Å². The number of furan rings is 1. The molecule has 0 aromatic carbocycles. The topological polar surface area (TPSA) is 58.3 Å². The van der Waals surface area contributed by atoms with Gasteiger partial charge in [-0.25, -0.2) is 0 Å². The van der Waals surface area contributed by atoms with Gasteiger partial charge in [0.2, 0.25) is 0 Å². The van der Waals surface area contributed by atoms with Crippen LogP contribution in [0.4, 0.5) is 5.69 Å². The van der Waals surface area contributed by atoms with Gasteiger partial charge in [-0.2, -0.15) is 0 Å². The first-order chi connectivity index (χ1) is 7.79. The zero-order valence-electron chi connectivity index (χ0n) is 8.48. The number of hydrogen-bond acceptors (Lipinski definition) is 4. The maximum absolute atomic E-state index is 8.84. The van der Waals surface area contributed by atoms with Crippen LogP contribution in [-0.2, 0) is 13.2 Å². The lowest BCUT2D eigenvalue weighted by atomic mass is 10.4. The van der Waals surface area contributed by atoms with Crippen LogP contribution >= 0.6 is 11.6 Å². The summed E-state index contributed by atoms with van der Waals surface area (Å²) >= 11 is 5.95. The zero-order chi connectivity index (χ0) is 11.4. The van der Waals surface area contributed by atoms with E-state index in [1.807, 2.05) is 6.07 Å². The summed E-state index contributed by atoms with van der Waals surface area (Å²) in [6.45, 7) is 0.416. The van der Waals surface area contributed by atoms with E-state index < -0.39 is 0 Å². The molecule has 0 aliphatic rings. The van der Waals surface area contributed by atoms with Crippen LogP contribution in [0.5, 0.6) is 0 Å². The monoisotopic (exact) mass is 238 g/mol. The molecule has 0 unspecified atom stereocenters. The summed E-state index contributed by atoms with van der Waals surface area (Å²) in [6.07, 6.45) is 3.28. The highest BCUT2D eigenvalue weighted by atomic mass is 35.5. The van der Waals surface area contributed by atoms with Gasteiger partial charge < -0.3 is 14.8 Å². The third-order valence-corrected chi connectivity index (χ3v) is 2.42. The van der Waals surface area contributed by atoms with E-state index in [1.165, 1.54) is 0 Å². The third kappa shape index (κ3) is 2.53. The Morgan fingerprint density at radius 2 is 2.12 bits per heavy atom. The van der Waals surface area contributed by atoms with E-state index in [9.17, 15) is 0 Å². The molecule has 0 bridgehead atoms. The summed E-state index contributed by atoms with van der Waals surface area (Å²) < 4.78 is 5.32. The molecule has 5 heteroatoms. The molecule has 0 saturated heterocycles. The van der Waals surface area contributed by atoms with Gasteiger partial charge in [-0.15, -0.1) is 0 Å². The SMILES string of the molecule is OCc1ccc(CNc2cnccc2Cl)o1. The molecule has 0 spiro atoms. The number of rotatable bonds is 4. The third-order valence-electron chi connectivity index (χ3n) is 2.09. The van der Waals surface area contributed by atoms with Gasteiger partial charge in [0.05, 0.1) is 23.5 Å². The normalized spacial score (nSPS) is 10.4. The molecule has 2 N–H and O–H groups in total. The highest BCUT2D eigenvalue weighted by molar-refractivity contribution is 6.33. The number of nitrogens with one attached hydrogen (secondary N) is 1. The van der Waals surface area contributed by atoms with Crippen LogP contribution in [0.15, 0.2) is 35.0 Å². The summed E-state index contributed by atoms with van der Waals surface area (Å²) in [5, 5.41) is 12.5. The fraction of sp³-hybridized carbons (Fsp3) is 0.182. The molecule has 0 atom stereocenters. The maximum Gasteiger partial charge on any atom is 0.129 e. The molecule has 0 fully saturated rings. The van der Waals surface area contributed by atoms with E-state index in [0.29, 0.717) is 17.3 Å². The summed E-state index contributed by atoms with van der Waals surface area (Å²) in [6, 6.07) is 5.26. The number of pyridine rings is 1. The van der Waals surface area contributed by atoms with Crippen LogP contribution in [-0.4, -0.2) is 10.1 Å². The van der Waals surface area contributed by atoms with Crippen molar-refractivity contribution < 1.29 is 9.52 Å². The predicted octanol–water partition coefficient (Wildman–Crippen LogP) is 2.43. The van der Waals surface area contributed by atoms with Gasteiger partial charge >= 0.3 is 0 Å². The van der Waals surface area contributed by atoms with Gasteiger partial charge in [-0.05, 0) is 18.2 Å². The molecular weight excluding hydrogens is 228 g/mol. The highest BCUT2D eigenvalue weighted by Crippen LogP contribution is 2.20. The lowest BCUT2D eigenvalue weighted by Gasteiger charge is -2.05. The predicted molar refractivity (Wildman–Crippen MR) is 61.2 cm³/mol. The van der Waals surface area contributed by atoms with E-state index in [1.54, 1.807) is 24.5 Å². The molecule has 0 aliphatic heterocycles. The quantitative estimate of drug-likeness (QED) is 0.859. The van der Waals surface area contributed by atoms with Crippen molar-refractivity contribution in [3.05, 3.63) is 47.1 Å². The molecule has 4 nitrogen and oxygen atoms in total. The second kappa shape index (κ2) is 5.01. The molecule has 16 heavy (non-hydrogen) atoms. The lowest BCUT2D eigenvalue weighted by molar-refractivity contribution is 0.244. The number of nitrogens with zero attached hydrogens (tertiary/aromatic N) is 1. The number of aliphatic hydroxyl groups is 1. The molecule has 0 aliphatic carbocycles. The molecule has 2 rings (SSSR count). The Hall–Kier alpha value is -1.52. The smallest absolute Gasteiger partial charge is 0.129 e. The van der Waals surface area contributed by atoms with Gasteiger partial charge in [-0.1, -0.05) is 11.6 Å². The van der Waals surface area contributed by atoms with Crippen LogP contribution in [0.1, 0.15) is 11.5 Å². The summed E-state index contributed by atoms with van der Waals surface area (Å²) in [4.78, 5) is 3.96. The fourth-order valence-electron chi connectivity index (χ4n) is 1.29. The van der Waals surface area contributed by atoms with E-state index in [2.05, 4.69) is 10.3 Å². The summed E-state index contributed by atoms with van der Waals surface area (Å²) in [7, 11) is 0. The van der Waals surface area contributed by atoms with E-state index in [4.69, 9.17) is 21.1 Å². The van der Waals surface area contributed by atoms with E-state index in [-0.39, 0.29) is 6.61 Å². The standard InChI is InChI=1S/C11H11ClN2O2/c12-10-3-4-13-6-11(10)14-5-8-1-2-9(7-15)16-8/h1-4,6,14-15H,5,7H2. The Balaban J connectivity index is 1.99. The number of anilines is 1. The number of hydrogen-bond donors (Lipinski definition) is 2. The van der Waals surface area contributed by atoms with Crippen molar-refractivity contribution in [3.8, 4) is 0 Å². The van der Waals surface area contributed by atoms with Crippen LogP contribution < -0.4 is 5.32 Å². The minimum Gasteiger partial charge on any atom is -0.462 e. The Labute approximate surface area is 97.9 Å². The molecule has 84 valence electrons. The lowest BCUT2D eigenvalue weighted by Crippen LogP contribution is -1.99. The Kier molecular flexibility index (Phi) is 3.44. The van der Waals surface area contributed by atoms with Crippen molar-refractivity contribution in [1.82, 2.24) is 4.98 Å². The average molecular weight is 239 g/mol. The second-order valence-electron chi connectivity index (χ2n) is 3.24. The van der Waals surface area contributed by atoms with Crippen molar-refractivity contribution >= 4 is 17.3 Å². The molecule has 0 radical (unpaired) electrons. The minimum absolute atomic E-state index is 0.0896. The van der Waals surface area contributed by atoms with Gasteiger partial charge in [0.1, 0.15) is 18.1 Å². The van der Waals surface area contributed by atoms with Gasteiger partial charge in [0, 0.05) is 6.20 Å². The summed E-state index contributed by atoms with van der Waals surface area (Å²) in [5.74, 6) is 1.29. The zero-order valence-corrected chi connectivity index (χ0v) is 9.24. The van der Waals surface area contributed by atoms with Crippen molar-refractivity contribution in [2.24, 2.45) is 0 Å². The van der Waals surface area contributed by atoms with Crippen molar-refractivity contribution in [1.29, 1.82) is 0 Å². The van der Waals surface area contributed by atoms with Gasteiger partial charge in [0.15, 0.2) is 0 Å². The first-order valence-electron chi connectivity index (χ1n) is 4.81. The number of aliphatic hydroxyl groups excluding tert-OH is 1. The van der Waals surface area contributed by atoms with Crippen molar-refractivity contribution in [2.45, 2.75) is 13.2 Å². The molecule has 2 aromatic rings. The largest absolute Gasteiger partial charge is 0.462 e. The van der Waals surface area contributed by atoms with Gasteiger partial charge in [0.25, 0.3) is 0 Å². The number of halogens is 1. The highest BCUT2D eigenvalue weighted by Gasteiger charge is 2.02. The molecule has 0 saturated carbocycles. The minimum atomic E-state index is -0.0896. The van der Waals surface area contributed by atoms with Crippen LogP contribution in [0, 0.1) is 0 Å². The van der Waals surface area contributed by atoms with Crippen LogP contribution in [0.3, 0.4) is 0 Å².